The number of carbonyl (C=O) groups excluding carboxylic acids is 1. The average molecular weight is 286 g/mol. The molecule has 1 N–H and O–H groups in total. The van der Waals surface area contributed by atoms with Gasteiger partial charge in [0.05, 0.1) is 6.54 Å². The second-order valence-electron chi connectivity index (χ2n) is 4.03. The van der Waals surface area contributed by atoms with Gasteiger partial charge in [-0.3, -0.25) is 0 Å². The zero-order chi connectivity index (χ0) is 14.0. The first-order valence-electron chi connectivity index (χ1n) is 6.31. The summed E-state index contributed by atoms with van der Waals surface area (Å²) in [6.07, 6.45) is -0.428. The molecule has 1 radical (unpaired) electrons. The van der Waals surface area contributed by atoms with Crippen LogP contribution in [0.3, 0.4) is 0 Å². The van der Waals surface area contributed by atoms with Crippen molar-refractivity contribution in [1.29, 1.82) is 0 Å². The molecule has 0 saturated heterocycles. The number of rotatable bonds is 6. The highest BCUT2D eigenvalue weighted by atomic mass is 32.2. The molecule has 0 fully saturated rings. The molecule has 0 saturated carbocycles. The lowest BCUT2D eigenvalue weighted by molar-refractivity contribution is 0.142. The van der Waals surface area contributed by atoms with E-state index < -0.39 is 6.09 Å². The van der Waals surface area contributed by atoms with E-state index in [2.05, 4.69) is 5.32 Å². The molecule has 1 amide bonds. The Morgan fingerprint density at radius 3 is 2.40 bits per heavy atom. The van der Waals surface area contributed by atoms with E-state index in [4.69, 9.17) is 4.74 Å². The number of alkyl carbamates (subject to hydrolysis) is 1. The highest BCUT2D eigenvalue weighted by Crippen LogP contribution is 2.16. The Hall–Kier alpha value is -1.94. The number of hydrogen-bond acceptors (Lipinski definition) is 3. The lowest BCUT2D eigenvalue weighted by atomic mass is 10.2. The predicted octanol–water partition coefficient (Wildman–Crippen LogP) is 3.87. The molecule has 3 nitrogen and oxygen atoms in total. The summed E-state index contributed by atoms with van der Waals surface area (Å²) in [6.45, 7) is 1.98. The van der Waals surface area contributed by atoms with Gasteiger partial charge in [-0.25, -0.2) is 4.79 Å². The van der Waals surface area contributed by atoms with Gasteiger partial charge >= 0.3 is 6.09 Å². The topological polar surface area (TPSA) is 38.3 Å². The number of hydrogen-bond donors (Lipinski definition) is 1. The van der Waals surface area contributed by atoms with Crippen molar-refractivity contribution in [3.8, 4) is 0 Å². The third kappa shape index (κ3) is 5.36. The van der Waals surface area contributed by atoms with Gasteiger partial charge in [-0.05, 0) is 17.7 Å². The Kier molecular flexibility index (Phi) is 5.99. The molecule has 2 rings (SSSR count). The summed E-state index contributed by atoms with van der Waals surface area (Å²) in [5.74, 6) is 0.699. The molecule has 0 aliphatic carbocycles. The van der Waals surface area contributed by atoms with Crippen LogP contribution in [-0.2, 0) is 11.3 Å². The Bertz CT molecular complexity index is 517. The molecular weight excluding hydrogens is 270 g/mol. The molecule has 20 heavy (non-hydrogen) atoms. The normalized spacial score (nSPS) is 10.0. The first kappa shape index (κ1) is 14.5. The van der Waals surface area contributed by atoms with Crippen LogP contribution in [0.2, 0.25) is 0 Å². The fraction of sp³-hybridized carbons (Fsp3) is 0.125. The zero-order valence-corrected chi connectivity index (χ0v) is 11.8. The summed E-state index contributed by atoms with van der Waals surface area (Å²) in [5, 5.41) is 2.62. The SMILES string of the molecule is O=C(N[CH]CSc1ccccc1)OCc1ccccc1. The second-order valence-corrected chi connectivity index (χ2v) is 5.13. The van der Waals surface area contributed by atoms with Crippen molar-refractivity contribution in [2.45, 2.75) is 11.5 Å². The fourth-order valence-corrected chi connectivity index (χ4v) is 2.25. The molecule has 2 aromatic rings. The standard InChI is InChI=1S/C16H16NO2S/c18-16(19-13-14-7-3-1-4-8-14)17-11-12-20-15-9-5-2-6-10-15/h1-11H,12-13H2,(H,17,18). The van der Waals surface area contributed by atoms with Crippen LogP contribution >= 0.6 is 11.8 Å². The van der Waals surface area contributed by atoms with Crippen molar-refractivity contribution < 1.29 is 9.53 Å². The summed E-state index contributed by atoms with van der Waals surface area (Å²) in [6, 6.07) is 19.6. The van der Waals surface area contributed by atoms with Crippen molar-refractivity contribution in [3.63, 3.8) is 0 Å². The molecule has 0 atom stereocenters. The van der Waals surface area contributed by atoms with E-state index in [1.54, 1.807) is 18.3 Å². The van der Waals surface area contributed by atoms with Crippen LogP contribution in [0.4, 0.5) is 4.79 Å². The van der Waals surface area contributed by atoms with Gasteiger partial charge in [-0.1, -0.05) is 48.5 Å². The maximum atomic E-state index is 11.5. The fourth-order valence-electron chi connectivity index (χ4n) is 1.54. The Labute approximate surface area is 123 Å². The van der Waals surface area contributed by atoms with Crippen LogP contribution in [0.15, 0.2) is 65.6 Å². The molecule has 0 aliphatic rings. The molecule has 0 unspecified atom stereocenters. The smallest absolute Gasteiger partial charge is 0.407 e. The molecule has 0 heterocycles. The van der Waals surface area contributed by atoms with Gasteiger partial charge in [-0.15, -0.1) is 11.8 Å². The van der Waals surface area contributed by atoms with E-state index in [1.165, 1.54) is 4.90 Å². The van der Waals surface area contributed by atoms with Crippen molar-refractivity contribution in [2.75, 3.05) is 5.75 Å². The average Bonchev–Trinajstić information content (AvgIpc) is 2.52. The zero-order valence-electron chi connectivity index (χ0n) is 11.0. The molecule has 0 spiro atoms. The van der Waals surface area contributed by atoms with Crippen LogP contribution < -0.4 is 5.32 Å². The van der Waals surface area contributed by atoms with E-state index >= 15 is 0 Å². The maximum absolute atomic E-state index is 11.5. The maximum Gasteiger partial charge on any atom is 0.407 e. The number of amides is 1. The Morgan fingerprint density at radius 1 is 1.05 bits per heavy atom. The monoisotopic (exact) mass is 286 g/mol. The summed E-state index contributed by atoms with van der Waals surface area (Å²) in [5.41, 5.74) is 0.973. The Balaban J connectivity index is 1.59. The first-order valence-corrected chi connectivity index (χ1v) is 7.30. The van der Waals surface area contributed by atoms with Gasteiger partial charge in [0.1, 0.15) is 6.61 Å². The van der Waals surface area contributed by atoms with E-state index in [9.17, 15) is 4.79 Å². The molecule has 4 heteroatoms. The van der Waals surface area contributed by atoms with E-state index in [1.807, 2.05) is 60.7 Å². The van der Waals surface area contributed by atoms with Crippen molar-refractivity contribution >= 4 is 17.9 Å². The molecular formula is C16H16NO2S. The molecule has 2 aromatic carbocycles. The lowest BCUT2D eigenvalue weighted by Crippen LogP contribution is -2.22. The van der Waals surface area contributed by atoms with Crippen LogP contribution in [0.25, 0.3) is 0 Å². The van der Waals surface area contributed by atoms with Crippen molar-refractivity contribution in [1.82, 2.24) is 5.32 Å². The van der Waals surface area contributed by atoms with Gasteiger partial charge in [0.2, 0.25) is 0 Å². The van der Waals surface area contributed by atoms with Crippen molar-refractivity contribution in [3.05, 3.63) is 72.8 Å². The van der Waals surface area contributed by atoms with Gasteiger partial charge in [0, 0.05) is 10.6 Å². The second kappa shape index (κ2) is 8.27. The van der Waals surface area contributed by atoms with Crippen LogP contribution in [0, 0.1) is 6.54 Å². The van der Waals surface area contributed by atoms with E-state index in [0.29, 0.717) is 5.75 Å². The lowest BCUT2D eigenvalue weighted by Gasteiger charge is -2.06. The number of benzene rings is 2. The third-order valence-corrected chi connectivity index (χ3v) is 3.45. The quantitative estimate of drug-likeness (QED) is 0.647. The highest BCUT2D eigenvalue weighted by Gasteiger charge is 2.02. The van der Waals surface area contributed by atoms with Gasteiger partial charge < -0.3 is 10.1 Å². The minimum atomic E-state index is -0.428. The molecule has 0 bridgehead atoms. The molecule has 103 valence electrons. The summed E-state index contributed by atoms with van der Waals surface area (Å²) >= 11 is 1.65. The highest BCUT2D eigenvalue weighted by molar-refractivity contribution is 7.99. The van der Waals surface area contributed by atoms with Crippen molar-refractivity contribution in [2.24, 2.45) is 0 Å². The molecule has 0 aromatic heterocycles. The molecule has 0 aliphatic heterocycles. The van der Waals surface area contributed by atoms with Gasteiger partial charge in [-0.2, -0.15) is 0 Å². The van der Waals surface area contributed by atoms with Gasteiger partial charge in [0.15, 0.2) is 0 Å². The minimum Gasteiger partial charge on any atom is -0.445 e. The number of carbonyl (C=O) groups is 1. The van der Waals surface area contributed by atoms with E-state index in [-0.39, 0.29) is 6.61 Å². The van der Waals surface area contributed by atoms with Crippen LogP contribution in [0.5, 0.6) is 0 Å². The number of nitrogens with one attached hydrogen (secondary N) is 1. The summed E-state index contributed by atoms with van der Waals surface area (Å²) in [4.78, 5) is 12.6. The minimum absolute atomic E-state index is 0.284. The first-order chi connectivity index (χ1) is 9.84. The Morgan fingerprint density at radius 2 is 1.70 bits per heavy atom. The van der Waals surface area contributed by atoms with E-state index in [0.717, 1.165) is 5.56 Å². The number of ether oxygens (including phenoxy) is 1. The predicted molar refractivity (Wildman–Crippen MR) is 81.2 cm³/mol. The summed E-state index contributed by atoms with van der Waals surface area (Å²) < 4.78 is 5.09. The van der Waals surface area contributed by atoms with Crippen LogP contribution in [-0.4, -0.2) is 11.8 Å². The third-order valence-electron chi connectivity index (χ3n) is 2.51. The van der Waals surface area contributed by atoms with Gasteiger partial charge in [0.25, 0.3) is 0 Å². The van der Waals surface area contributed by atoms with Crippen LogP contribution in [0.1, 0.15) is 5.56 Å². The number of thioether (sulfide) groups is 1. The largest absolute Gasteiger partial charge is 0.445 e. The summed E-state index contributed by atoms with van der Waals surface area (Å²) in [7, 11) is 0.